The maximum absolute atomic E-state index is 11.8. The molecule has 1 aromatic rings. The van der Waals surface area contributed by atoms with Crippen molar-refractivity contribution in [3.05, 3.63) is 30.1 Å². The van der Waals surface area contributed by atoms with E-state index in [1.165, 1.54) is 12.3 Å². The molecule has 0 aliphatic carbocycles. The normalized spacial score (nSPS) is 13.5. The summed E-state index contributed by atoms with van der Waals surface area (Å²) in [5, 5.41) is 8.79. The molecule has 11 heavy (non-hydrogen) atoms. The molecule has 0 radical (unpaired) electrons. The second-order valence-electron chi connectivity index (χ2n) is 2.03. The first-order valence-electron chi connectivity index (χ1n) is 3.09. The van der Waals surface area contributed by atoms with Gasteiger partial charge >= 0.3 is 0 Å². The van der Waals surface area contributed by atoms with Gasteiger partial charge in [0.25, 0.3) is 6.43 Å². The van der Waals surface area contributed by atoms with Crippen LogP contribution in [0, 0.1) is 0 Å². The highest BCUT2D eigenvalue weighted by Crippen LogP contribution is 2.16. The summed E-state index contributed by atoms with van der Waals surface area (Å²) < 4.78 is 23.6. The lowest BCUT2D eigenvalue weighted by atomic mass is 10.2. The lowest BCUT2D eigenvalue weighted by Gasteiger charge is -2.06. The molecule has 0 amide bonds. The molecule has 1 unspecified atom stereocenters. The largest absolute Gasteiger partial charge is 0.381 e. The van der Waals surface area contributed by atoms with Crippen molar-refractivity contribution in [2.45, 2.75) is 12.5 Å². The minimum atomic E-state index is -2.77. The fourth-order valence-corrected chi connectivity index (χ4v) is 0.680. The van der Waals surface area contributed by atoms with Crippen molar-refractivity contribution in [2.75, 3.05) is 0 Å². The van der Waals surface area contributed by atoms with Crippen molar-refractivity contribution < 1.29 is 13.9 Å². The van der Waals surface area contributed by atoms with E-state index >= 15 is 0 Å². The number of halogens is 2. The number of pyridine rings is 1. The molecule has 60 valence electrons. The van der Waals surface area contributed by atoms with E-state index in [2.05, 4.69) is 4.98 Å². The topological polar surface area (TPSA) is 33.1 Å². The van der Waals surface area contributed by atoms with Gasteiger partial charge in [-0.1, -0.05) is 6.07 Å². The summed E-state index contributed by atoms with van der Waals surface area (Å²) in [7, 11) is 0. The fraction of sp³-hybridized carbons (Fsp3) is 0.286. The van der Waals surface area contributed by atoms with E-state index in [0.29, 0.717) is 0 Å². The van der Waals surface area contributed by atoms with Gasteiger partial charge in [-0.15, -0.1) is 0 Å². The summed E-state index contributed by atoms with van der Waals surface area (Å²) in [6.07, 6.45) is -3.18. The first-order chi connectivity index (χ1) is 5.22. The van der Waals surface area contributed by atoms with Gasteiger partial charge in [0.1, 0.15) is 0 Å². The van der Waals surface area contributed by atoms with Crippen LogP contribution in [0.15, 0.2) is 24.4 Å². The molecule has 0 fully saturated rings. The van der Waals surface area contributed by atoms with Crippen LogP contribution < -0.4 is 0 Å². The van der Waals surface area contributed by atoms with Gasteiger partial charge in [0.05, 0.1) is 5.69 Å². The molecule has 1 N–H and O–H groups in total. The second kappa shape index (κ2) is 3.39. The van der Waals surface area contributed by atoms with Gasteiger partial charge in [0.2, 0.25) is 0 Å². The number of hydrogen-bond donors (Lipinski definition) is 1. The summed E-state index contributed by atoms with van der Waals surface area (Å²) >= 11 is 0. The van der Waals surface area contributed by atoms with Crippen LogP contribution in [0.4, 0.5) is 8.78 Å². The molecule has 0 saturated carbocycles. The SMILES string of the molecule is OC(c1ccccn1)C(F)F. The average molecular weight is 159 g/mol. The van der Waals surface area contributed by atoms with Gasteiger partial charge in [0, 0.05) is 6.20 Å². The molecule has 1 heterocycles. The van der Waals surface area contributed by atoms with E-state index in [0.717, 1.165) is 0 Å². The van der Waals surface area contributed by atoms with Crippen molar-refractivity contribution in [2.24, 2.45) is 0 Å². The summed E-state index contributed by atoms with van der Waals surface area (Å²) in [5.41, 5.74) is 0.00231. The minimum Gasteiger partial charge on any atom is -0.381 e. The van der Waals surface area contributed by atoms with E-state index < -0.39 is 12.5 Å². The van der Waals surface area contributed by atoms with Crippen molar-refractivity contribution in [1.29, 1.82) is 0 Å². The van der Waals surface area contributed by atoms with Crippen LogP contribution in [0.1, 0.15) is 11.8 Å². The lowest BCUT2D eigenvalue weighted by Crippen LogP contribution is -2.09. The maximum Gasteiger partial charge on any atom is 0.269 e. The van der Waals surface area contributed by atoms with E-state index in [1.54, 1.807) is 12.1 Å². The number of aliphatic hydroxyl groups excluding tert-OH is 1. The molecule has 0 spiro atoms. The van der Waals surface area contributed by atoms with Gasteiger partial charge < -0.3 is 5.11 Å². The molecule has 0 aliphatic heterocycles. The highest BCUT2D eigenvalue weighted by atomic mass is 19.3. The number of hydrogen-bond acceptors (Lipinski definition) is 2. The molecular formula is C7H7F2NO. The number of nitrogens with zero attached hydrogens (tertiary/aromatic N) is 1. The van der Waals surface area contributed by atoms with Crippen LogP contribution in [0.3, 0.4) is 0 Å². The predicted molar refractivity (Wildman–Crippen MR) is 35.2 cm³/mol. The second-order valence-corrected chi connectivity index (χ2v) is 2.03. The number of aliphatic hydroxyl groups is 1. The zero-order chi connectivity index (χ0) is 8.27. The summed E-state index contributed by atoms with van der Waals surface area (Å²) in [5.74, 6) is 0. The third-order valence-electron chi connectivity index (χ3n) is 1.23. The Hall–Kier alpha value is -1.03. The van der Waals surface area contributed by atoms with Gasteiger partial charge in [-0.3, -0.25) is 4.98 Å². The van der Waals surface area contributed by atoms with Crippen LogP contribution in [0.2, 0.25) is 0 Å². The molecule has 2 nitrogen and oxygen atoms in total. The van der Waals surface area contributed by atoms with Crippen molar-refractivity contribution in [1.82, 2.24) is 4.98 Å². The smallest absolute Gasteiger partial charge is 0.269 e. The third-order valence-corrected chi connectivity index (χ3v) is 1.23. The van der Waals surface area contributed by atoms with E-state index in [4.69, 9.17) is 5.11 Å². The van der Waals surface area contributed by atoms with Gasteiger partial charge in [0.15, 0.2) is 6.10 Å². The molecule has 1 aromatic heterocycles. The summed E-state index contributed by atoms with van der Waals surface area (Å²) in [6, 6.07) is 4.51. The van der Waals surface area contributed by atoms with Gasteiger partial charge in [-0.25, -0.2) is 8.78 Å². The number of aromatic nitrogens is 1. The van der Waals surface area contributed by atoms with Crippen molar-refractivity contribution >= 4 is 0 Å². The van der Waals surface area contributed by atoms with Crippen LogP contribution in [-0.2, 0) is 0 Å². The van der Waals surface area contributed by atoms with E-state index in [1.807, 2.05) is 0 Å². The predicted octanol–water partition coefficient (Wildman–Crippen LogP) is 1.38. The molecule has 1 rings (SSSR count). The zero-order valence-corrected chi connectivity index (χ0v) is 5.61. The molecule has 4 heteroatoms. The van der Waals surface area contributed by atoms with Crippen LogP contribution >= 0.6 is 0 Å². The van der Waals surface area contributed by atoms with Gasteiger partial charge in [-0.05, 0) is 12.1 Å². The molecule has 0 aliphatic rings. The summed E-state index contributed by atoms with van der Waals surface area (Å²) in [4.78, 5) is 3.57. The Kier molecular flexibility index (Phi) is 2.48. The number of alkyl halides is 2. The molecule has 1 atom stereocenters. The molecule has 0 saturated heterocycles. The highest BCUT2D eigenvalue weighted by Gasteiger charge is 2.19. The lowest BCUT2D eigenvalue weighted by molar-refractivity contribution is -0.00820. The Bertz CT molecular complexity index is 215. The van der Waals surface area contributed by atoms with Gasteiger partial charge in [-0.2, -0.15) is 0 Å². The Morgan fingerprint density at radius 2 is 2.09 bits per heavy atom. The Morgan fingerprint density at radius 3 is 2.55 bits per heavy atom. The van der Waals surface area contributed by atoms with Crippen LogP contribution in [0.5, 0.6) is 0 Å². The van der Waals surface area contributed by atoms with Crippen molar-refractivity contribution in [3.63, 3.8) is 0 Å². The third kappa shape index (κ3) is 1.94. The molecule has 0 aromatic carbocycles. The first kappa shape index (κ1) is 8.07. The first-order valence-corrected chi connectivity index (χ1v) is 3.09. The van der Waals surface area contributed by atoms with Crippen molar-refractivity contribution in [3.8, 4) is 0 Å². The van der Waals surface area contributed by atoms with E-state index in [9.17, 15) is 8.78 Å². The quantitative estimate of drug-likeness (QED) is 0.707. The number of rotatable bonds is 2. The average Bonchev–Trinajstić information content (AvgIpc) is 2.05. The highest BCUT2D eigenvalue weighted by molar-refractivity contribution is 5.06. The van der Waals surface area contributed by atoms with Crippen LogP contribution in [-0.4, -0.2) is 16.5 Å². The maximum atomic E-state index is 11.8. The Morgan fingerprint density at radius 1 is 1.36 bits per heavy atom. The Labute approximate surface area is 62.5 Å². The monoisotopic (exact) mass is 159 g/mol. The van der Waals surface area contributed by atoms with E-state index in [-0.39, 0.29) is 5.69 Å². The minimum absolute atomic E-state index is 0.00231. The fourth-order valence-electron chi connectivity index (χ4n) is 0.680. The molecule has 0 bridgehead atoms. The molecular weight excluding hydrogens is 152 g/mol. The van der Waals surface area contributed by atoms with Crippen LogP contribution in [0.25, 0.3) is 0 Å². The Balaban J connectivity index is 2.77. The standard InChI is InChI=1S/C7H7F2NO/c8-7(9)6(11)5-3-1-2-4-10-5/h1-4,6-7,11H. The zero-order valence-electron chi connectivity index (χ0n) is 5.61. The summed E-state index contributed by atoms with van der Waals surface area (Å²) in [6.45, 7) is 0.